The Hall–Kier alpha value is -3.66. The number of morpholine rings is 1. The maximum absolute atomic E-state index is 13.1. The van der Waals surface area contributed by atoms with Gasteiger partial charge in [-0.2, -0.15) is 5.10 Å². The van der Waals surface area contributed by atoms with Crippen LogP contribution >= 0.6 is 0 Å². The zero-order valence-electron chi connectivity index (χ0n) is 16.9. The number of fused-ring (bicyclic) bond motifs is 2. The van der Waals surface area contributed by atoms with Crippen LogP contribution in [0.15, 0.2) is 36.8 Å². The average Bonchev–Trinajstić information content (AvgIpc) is 3.34. The summed E-state index contributed by atoms with van der Waals surface area (Å²) in [7, 11) is 0. The minimum atomic E-state index is -1.33. The van der Waals surface area contributed by atoms with Crippen molar-refractivity contribution in [1.29, 1.82) is 0 Å². The van der Waals surface area contributed by atoms with Crippen LogP contribution in [0.25, 0.3) is 5.65 Å². The predicted octanol–water partition coefficient (Wildman–Crippen LogP) is 1.60. The van der Waals surface area contributed by atoms with Gasteiger partial charge in [0.25, 0.3) is 5.91 Å². The zero-order chi connectivity index (χ0) is 21.6. The topological polar surface area (TPSA) is 118 Å². The van der Waals surface area contributed by atoms with Crippen LogP contribution in [0, 0.1) is 0 Å². The van der Waals surface area contributed by atoms with Gasteiger partial charge in [0, 0.05) is 43.5 Å². The number of carboxylic acid groups (broad SMARTS) is 1. The third kappa shape index (κ3) is 3.34. The van der Waals surface area contributed by atoms with E-state index in [0.29, 0.717) is 49.0 Å². The van der Waals surface area contributed by atoms with Gasteiger partial charge in [0.15, 0.2) is 5.65 Å². The molecule has 0 bridgehead atoms. The van der Waals surface area contributed by atoms with Gasteiger partial charge in [-0.25, -0.2) is 14.3 Å². The van der Waals surface area contributed by atoms with E-state index in [4.69, 9.17) is 9.47 Å². The van der Waals surface area contributed by atoms with Crippen LogP contribution in [0.2, 0.25) is 0 Å². The molecule has 0 aliphatic carbocycles. The maximum atomic E-state index is 13.1. The Kier molecular flexibility index (Phi) is 4.51. The van der Waals surface area contributed by atoms with E-state index in [-0.39, 0.29) is 12.3 Å². The van der Waals surface area contributed by atoms with Gasteiger partial charge in [0.2, 0.25) is 5.60 Å². The van der Waals surface area contributed by atoms with Crippen molar-refractivity contribution in [2.24, 2.45) is 0 Å². The van der Waals surface area contributed by atoms with Crippen molar-refractivity contribution < 1.29 is 24.2 Å². The number of benzene rings is 1. The number of hydrogen-bond donors (Lipinski definition) is 2. The summed E-state index contributed by atoms with van der Waals surface area (Å²) in [5, 5.41) is 16.7. The summed E-state index contributed by atoms with van der Waals surface area (Å²) in [4.78, 5) is 31.1. The number of anilines is 2. The molecule has 2 aliphatic rings. The number of nitrogens with one attached hydrogen (secondary N) is 1. The number of nitrogens with zero attached hydrogens (tertiary/aromatic N) is 4. The molecular formula is C21H21N5O5. The summed E-state index contributed by atoms with van der Waals surface area (Å²) >= 11 is 0. The highest BCUT2D eigenvalue weighted by atomic mass is 16.5. The van der Waals surface area contributed by atoms with E-state index >= 15 is 0 Å². The van der Waals surface area contributed by atoms with E-state index in [1.807, 2.05) is 0 Å². The largest absolute Gasteiger partial charge is 0.478 e. The first kappa shape index (κ1) is 19.3. The zero-order valence-corrected chi connectivity index (χ0v) is 16.9. The summed E-state index contributed by atoms with van der Waals surface area (Å²) in [5.41, 5.74) is 1.54. The highest BCUT2D eigenvalue weighted by Gasteiger charge is 2.42. The fourth-order valence-electron chi connectivity index (χ4n) is 3.95. The number of carbonyl (C=O) groups excluding carboxylic acids is 1. The van der Waals surface area contributed by atoms with Crippen molar-refractivity contribution in [1.82, 2.24) is 14.6 Å². The Morgan fingerprint density at radius 3 is 2.84 bits per heavy atom. The molecule has 160 valence electrons. The van der Waals surface area contributed by atoms with Crippen molar-refractivity contribution in [3.8, 4) is 5.75 Å². The second kappa shape index (κ2) is 7.24. The van der Waals surface area contributed by atoms with Gasteiger partial charge in [-0.05, 0) is 19.1 Å². The van der Waals surface area contributed by atoms with Gasteiger partial charge < -0.3 is 24.8 Å². The third-order valence-electron chi connectivity index (χ3n) is 5.62. The lowest BCUT2D eigenvalue weighted by Crippen LogP contribution is -2.39. The molecule has 0 spiro atoms. The molecule has 10 nitrogen and oxygen atoms in total. The fourth-order valence-corrected chi connectivity index (χ4v) is 3.95. The number of carbonyl (C=O) groups is 2. The molecule has 5 rings (SSSR count). The van der Waals surface area contributed by atoms with Gasteiger partial charge in [0.05, 0.1) is 30.8 Å². The molecule has 1 saturated heterocycles. The van der Waals surface area contributed by atoms with Crippen molar-refractivity contribution in [3.63, 3.8) is 0 Å². The van der Waals surface area contributed by atoms with Gasteiger partial charge in [0.1, 0.15) is 11.3 Å². The molecular weight excluding hydrogens is 402 g/mol. The van der Waals surface area contributed by atoms with Crippen molar-refractivity contribution in [2.75, 3.05) is 36.5 Å². The van der Waals surface area contributed by atoms with Crippen LogP contribution in [0.4, 0.5) is 11.4 Å². The van der Waals surface area contributed by atoms with E-state index in [9.17, 15) is 14.7 Å². The quantitative estimate of drug-likeness (QED) is 0.650. The van der Waals surface area contributed by atoms with Gasteiger partial charge in [-0.15, -0.1) is 0 Å². The Morgan fingerprint density at radius 1 is 1.26 bits per heavy atom. The van der Waals surface area contributed by atoms with Crippen LogP contribution in [-0.4, -0.2) is 63.5 Å². The molecule has 0 saturated carbocycles. The first-order valence-corrected chi connectivity index (χ1v) is 9.96. The number of rotatable bonds is 4. The van der Waals surface area contributed by atoms with E-state index in [0.717, 1.165) is 11.3 Å². The van der Waals surface area contributed by atoms with Gasteiger partial charge >= 0.3 is 5.97 Å². The van der Waals surface area contributed by atoms with Crippen molar-refractivity contribution in [3.05, 3.63) is 47.9 Å². The molecule has 1 fully saturated rings. The molecule has 1 amide bonds. The standard InChI is InChI=1S/C21H21N5O5/c1-21(20(28)29)11-13-9-15(16(10-17(13)31-21)25-5-7-30-8-6-25)24-19(27)14-12-23-26-4-2-3-22-18(14)26/h2-4,9-10,12H,5-8,11H2,1H3,(H,24,27)(H,28,29). The normalized spacial score (nSPS) is 20.4. The monoisotopic (exact) mass is 423 g/mol. The SMILES string of the molecule is CC1(C(=O)O)Cc2cc(NC(=O)c3cnn4cccnc34)c(N3CCOCC3)cc2O1. The molecule has 2 aliphatic heterocycles. The number of aromatic nitrogens is 3. The molecule has 4 heterocycles. The van der Waals surface area contributed by atoms with Crippen LogP contribution < -0.4 is 15.0 Å². The first-order chi connectivity index (χ1) is 14.9. The predicted molar refractivity (Wildman–Crippen MR) is 111 cm³/mol. The van der Waals surface area contributed by atoms with Crippen LogP contribution in [0.3, 0.4) is 0 Å². The lowest BCUT2D eigenvalue weighted by molar-refractivity contribution is -0.152. The summed E-state index contributed by atoms with van der Waals surface area (Å²) in [5.74, 6) is -0.857. The molecule has 10 heteroatoms. The maximum Gasteiger partial charge on any atom is 0.348 e. The lowest BCUT2D eigenvalue weighted by atomic mass is 9.99. The van der Waals surface area contributed by atoms with Crippen LogP contribution in [-0.2, 0) is 16.0 Å². The molecule has 2 N–H and O–H groups in total. The highest BCUT2D eigenvalue weighted by molar-refractivity contribution is 6.09. The Labute approximate surface area is 177 Å². The van der Waals surface area contributed by atoms with E-state index in [2.05, 4.69) is 20.3 Å². The second-order valence-electron chi connectivity index (χ2n) is 7.79. The summed E-state index contributed by atoms with van der Waals surface area (Å²) < 4.78 is 12.8. The second-order valence-corrected chi connectivity index (χ2v) is 7.79. The number of ether oxygens (including phenoxy) is 2. The third-order valence-corrected chi connectivity index (χ3v) is 5.62. The Balaban J connectivity index is 1.52. The molecule has 2 aromatic heterocycles. The molecule has 1 aromatic carbocycles. The minimum absolute atomic E-state index is 0.211. The first-order valence-electron chi connectivity index (χ1n) is 9.96. The average molecular weight is 423 g/mol. The molecule has 1 atom stereocenters. The number of carboxylic acids is 1. The summed E-state index contributed by atoms with van der Waals surface area (Å²) in [6.45, 7) is 3.98. The Morgan fingerprint density at radius 2 is 2.06 bits per heavy atom. The summed E-state index contributed by atoms with van der Waals surface area (Å²) in [6, 6.07) is 5.34. The summed E-state index contributed by atoms with van der Waals surface area (Å²) in [6.07, 6.45) is 5.01. The highest BCUT2D eigenvalue weighted by Crippen LogP contribution is 2.42. The molecule has 31 heavy (non-hydrogen) atoms. The van der Waals surface area contributed by atoms with E-state index < -0.39 is 11.6 Å². The van der Waals surface area contributed by atoms with Crippen molar-refractivity contribution >= 4 is 28.9 Å². The van der Waals surface area contributed by atoms with Crippen LogP contribution in [0.5, 0.6) is 5.75 Å². The van der Waals surface area contributed by atoms with Crippen molar-refractivity contribution in [2.45, 2.75) is 18.9 Å². The van der Waals surface area contributed by atoms with E-state index in [1.165, 1.54) is 10.7 Å². The lowest BCUT2D eigenvalue weighted by Gasteiger charge is -2.31. The number of amides is 1. The van der Waals surface area contributed by atoms with E-state index in [1.54, 1.807) is 37.5 Å². The van der Waals surface area contributed by atoms with Gasteiger partial charge in [-0.3, -0.25) is 4.79 Å². The Bertz CT molecular complexity index is 1190. The molecule has 3 aromatic rings. The van der Waals surface area contributed by atoms with Gasteiger partial charge in [-0.1, -0.05) is 0 Å². The fraction of sp³-hybridized carbons (Fsp3) is 0.333. The minimum Gasteiger partial charge on any atom is -0.478 e. The number of hydrogen-bond acceptors (Lipinski definition) is 7. The molecule has 1 unspecified atom stereocenters. The number of aliphatic carboxylic acids is 1. The molecule has 0 radical (unpaired) electrons. The smallest absolute Gasteiger partial charge is 0.348 e. The van der Waals surface area contributed by atoms with Crippen LogP contribution in [0.1, 0.15) is 22.8 Å².